The Labute approximate surface area is 176 Å². The molecule has 5 heteroatoms. The van der Waals surface area contributed by atoms with Crippen LogP contribution in [0.2, 0.25) is 5.02 Å². The number of benzene rings is 3. The molecular weight excluding hydrogens is 384 g/mol. The third kappa shape index (κ3) is 3.74. The zero-order chi connectivity index (χ0) is 20.3. The maximum Gasteiger partial charge on any atom is 0.264 e. The van der Waals surface area contributed by atoms with E-state index >= 15 is 0 Å². The fourth-order valence-electron chi connectivity index (χ4n) is 3.86. The quantitative estimate of drug-likeness (QED) is 0.714. The van der Waals surface area contributed by atoms with Crippen LogP contribution >= 0.6 is 11.6 Å². The lowest BCUT2D eigenvalue weighted by Crippen LogP contribution is -2.55. The van der Waals surface area contributed by atoms with Gasteiger partial charge in [-0.2, -0.15) is 0 Å². The van der Waals surface area contributed by atoms with Crippen molar-refractivity contribution >= 4 is 23.2 Å². The van der Waals surface area contributed by atoms with Gasteiger partial charge in [-0.15, -0.1) is 0 Å². The molecule has 1 N–H and O–H groups in total. The van der Waals surface area contributed by atoms with E-state index in [2.05, 4.69) is 4.90 Å². The highest BCUT2D eigenvalue weighted by Crippen LogP contribution is 2.33. The van der Waals surface area contributed by atoms with Crippen LogP contribution in [0.1, 0.15) is 11.1 Å². The van der Waals surface area contributed by atoms with Gasteiger partial charge in [-0.05, 0) is 23.3 Å². The van der Waals surface area contributed by atoms with Crippen molar-refractivity contribution in [3.05, 3.63) is 101 Å². The first-order chi connectivity index (χ1) is 14.1. The largest absolute Gasteiger partial charge is 0.372 e. The molecule has 0 atom stereocenters. The molecule has 29 heavy (non-hydrogen) atoms. The highest BCUT2D eigenvalue weighted by atomic mass is 35.5. The molecule has 148 valence electrons. The Kier molecular flexibility index (Phi) is 5.56. The van der Waals surface area contributed by atoms with Crippen LogP contribution in [0.25, 0.3) is 0 Å². The lowest BCUT2D eigenvalue weighted by Gasteiger charge is -2.40. The van der Waals surface area contributed by atoms with Crippen molar-refractivity contribution in [1.82, 2.24) is 4.90 Å². The fourth-order valence-corrected chi connectivity index (χ4v) is 4.12. The average molecular weight is 407 g/mol. The van der Waals surface area contributed by atoms with Crippen molar-refractivity contribution in [3.8, 4) is 0 Å². The first-order valence-corrected chi connectivity index (χ1v) is 10.1. The van der Waals surface area contributed by atoms with Crippen molar-refractivity contribution in [2.75, 3.05) is 31.1 Å². The van der Waals surface area contributed by atoms with E-state index in [1.807, 2.05) is 60.7 Å². The molecule has 0 spiro atoms. The maximum absolute atomic E-state index is 13.6. The van der Waals surface area contributed by atoms with Crippen LogP contribution in [0.15, 0.2) is 84.9 Å². The van der Waals surface area contributed by atoms with Crippen molar-refractivity contribution in [2.45, 2.75) is 5.60 Å². The lowest BCUT2D eigenvalue weighted by atomic mass is 9.85. The smallest absolute Gasteiger partial charge is 0.264 e. The first-order valence-electron chi connectivity index (χ1n) is 9.73. The Morgan fingerprint density at radius 1 is 0.759 bits per heavy atom. The molecule has 1 amide bonds. The third-order valence-electron chi connectivity index (χ3n) is 5.45. The van der Waals surface area contributed by atoms with Crippen LogP contribution in [-0.2, 0) is 10.4 Å². The minimum absolute atomic E-state index is 0.297. The lowest BCUT2D eigenvalue weighted by molar-refractivity contribution is -0.148. The molecule has 3 aromatic carbocycles. The number of para-hydroxylation sites is 1. The number of hydrogen-bond donors (Lipinski definition) is 1. The number of rotatable bonds is 4. The molecule has 1 heterocycles. The fraction of sp³-hybridized carbons (Fsp3) is 0.208. The van der Waals surface area contributed by atoms with Gasteiger partial charge in [0.25, 0.3) is 5.91 Å². The van der Waals surface area contributed by atoms with Crippen LogP contribution in [0.5, 0.6) is 0 Å². The Bertz CT molecular complexity index is 931. The van der Waals surface area contributed by atoms with Crippen molar-refractivity contribution in [2.24, 2.45) is 0 Å². The Balaban J connectivity index is 1.59. The van der Waals surface area contributed by atoms with E-state index in [4.69, 9.17) is 11.6 Å². The Hall–Kier alpha value is -2.82. The molecule has 0 aliphatic carbocycles. The molecule has 0 saturated carbocycles. The standard InChI is InChI=1S/C24H23ClN2O2/c25-21-13-7-8-14-22(21)26-15-17-27(18-16-26)23(28)24(29,19-9-3-1-4-10-19)20-11-5-2-6-12-20/h1-14,29H,15-18H2. The summed E-state index contributed by atoms with van der Waals surface area (Å²) in [7, 11) is 0. The summed E-state index contributed by atoms with van der Waals surface area (Å²) in [5, 5.41) is 12.4. The van der Waals surface area contributed by atoms with E-state index in [9.17, 15) is 9.90 Å². The van der Waals surface area contributed by atoms with Gasteiger partial charge in [-0.1, -0.05) is 84.4 Å². The molecule has 4 rings (SSSR count). The van der Waals surface area contributed by atoms with E-state index in [0.717, 1.165) is 5.69 Å². The molecule has 0 radical (unpaired) electrons. The van der Waals surface area contributed by atoms with E-state index < -0.39 is 5.60 Å². The second-order valence-electron chi connectivity index (χ2n) is 7.17. The number of anilines is 1. The van der Waals surface area contributed by atoms with Crippen molar-refractivity contribution in [1.29, 1.82) is 0 Å². The van der Waals surface area contributed by atoms with Gasteiger partial charge in [-0.3, -0.25) is 4.79 Å². The minimum Gasteiger partial charge on any atom is -0.372 e. The Morgan fingerprint density at radius 2 is 1.24 bits per heavy atom. The average Bonchev–Trinajstić information content (AvgIpc) is 2.80. The number of aliphatic hydroxyl groups is 1. The highest BCUT2D eigenvalue weighted by Gasteiger charge is 2.43. The van der Waals surface area contributed by atoms with Crippen LogP contribution < -0.4 is 4.90 Å². The topological polar surface area (TPSA) is 43.8 Å². The summed E-state index contributed by atoms with van der Waals surface area (Å²) in [5.41, 5.74) is 0.409. The minimum atomic E-state index is -1.71. The highest BCUT2D eigenvalue weighted by molar-refractivity contribution is 6.33. The molecule has 1 saturated heterocycles. The van der Waals surface area contributed by atoms with E-state index in [1.54, 1.807) is 29.2 Å². The SMILES string of the molecule is O=C(N1CCN(c2ccccc2Cl)CC1)C(O)(c1ccccc1)c1ccccc1. The zero-order valence-corrected chi connectivity index (χ0v) is 16.8. The molecular formula is C24H23ClN2O2. The van der Waals surface area contributed by atoms with Crippen LogP contribution in [0, 0.1) is 0 Å². The van der Waals surface area contributed by atoms with Crippen molar-refractivity contribution in [3.63, 3.8) is 0 Å². The number of halogens is 1. The Morgan fingerprint density at radius 3 is 1.76 bits per heavy atom. The van der Waals surface area contributed by atoms with Gasteiger partial charge in [-0.25, -0.2) is 0 Å². The van der Waals surface area contributed by atoms with Crippen LogP contribution in [-0.4, -0.2) is 42.1 Å². The number of carbonyl (C=O) groups is 1. The molecule has 3 aromatic rings. The molecule has 4 nitrogen and oxygen atoms in total. The molecule has 1 aliphatic heterocycles. The van der Waals surface area contributed by atoms with Crippen molar-refractivity contribution < 1.29 is 9.90 Å². The second-order valence-corrected chi connectivity index (χ2v) is 7.58. The number of hydrogen-bond acceptors (Lipinski definition) is 3. The molecule has 0 bridgehead atoms. The summed E-state index contributed by atoms with van der Waals surface area (Å²) in [4.78, 5) is 17.5. The van der Waals surface area contributed by atoms with Gasteiger partial charge in [0.15, 0.2) is 5.60 Å². The van der Waals surface area contributed by atoms with E-state index in [1.165, 1.54) is 0 Å². The van der Waals surface area contributed by atoms with Crippen LogP contribution in [0.4, 0.5) is 5.69 Å². The predicted molar refractivity (Wildman–Crippen MR) is 116 cm³/mol. The molecule has 0 aromatic heterocycles. The summed E-state index contributed by atoms with van der Waals surface area (Å²) in [6.07, 6.45) is 0. The number of nitrogens with zero attached hydrogens (tertiary/aromatic N) is 2. The van der Waals surface area contributed by atoms with Gasteiger partial charge in [0.2, 0.25) is 0 Å². The van der Waals surface area contributed by atoms with Crippen LogP contribution in [0.3, 0.4) is 0 Å². The summed E-state index contributed by atoms with van der Waals surface area (Å²) >= 11 is 6.33. The summed E-state index contributed by atoms with van der Waals surface area (Å²) in [6, 6.07) is 26.0. The zero-order valence-electron chi connectivity index (χ0n) is 16.0. The molecule has 0 unspecified atom stereocenters. The van der Waals surface area contributed by atoms with Gasteiger partial charge in [0.1, 0.15) is 0 Å². The second kappa shape index (κ2) is 8.27. The van der Waals surface area contributed by atoms with E-state index in [-0.39, 0.29) is 5.91 Å². The maximum atomic E-state index is 13.6. The third-order valence-corrected chi connectivity index (χ3v) is 5.77. The monoisotopic (exact) mass is 406 g/mol. The number of amides is 1. The summed E-state index contributed by atoms with van der Waals surface area (Å²) in [5.74, 6) is -0.297. The first kappa shape index (κ1) is 19.5. The van der Waals surface area contributed by atoms with Gasteiger partial charge < -0.3 is 14.9 Å². The normalized spacial score (nSPS) is 14.7. The summed E-state index contributed by atoms with van der Waals surface area (Å²) < 4.78 is 0. The summed E-state index contributed by atoms with van der Waals surface area (Å²) in [6.45, 7) is 2.36. The van der Waals surface area contributed by atoms with Gasteiger partial charge in [0, 0.05) is 26.2 Å². The molecule has 1 aliphatic rings. The number of piperazine rings is 1. The molecule has 1 fully saturated rings. The predicted octanol–water partition coefficient (Wildman–Crippen LogP) is 3.92. The van der Waals surface area contributed by atoms with Gasteiger partial charge in [0.05, 0.1) is 10.7 Å². The van der Waals surface area contributed by atoms with Gasteiger partial charge >= 0.3 is 0 Å². The number of carbonyl (C=O) groups excluding carboxylic acids is 1. The van der Waals surface area contributed by atoms with E-state index in [0.29, 0.717) is 42.3 Å².